The van der Waals surface area contributed by atoms with Crippen LogP contribution in [0.3, 0.4) is 0 Å². The van der Waals surface area contributed by atoms with Crippen molar-refractivity contribution in [1.29, 1.82) is 0 Å². The van der Waals surface area contributed by atoms with Crippen molar-refractivity contribution in [3.05, 3.63) is 0 Å². The van der Waals surface area contributed by atoms with Gasteiger partial charge in [-0.15, -0.1) is 0 Å². The Kier molecular flexibility index (Phi) is 3.49. The SMILES string of the molecule is CSCC[C@H](N)B1O[C@@H]2C[C@@H]3C[C@@H](C3(C)C)[C@]2(C)O1. The summed E-state index contributed by atoms with van der Waals surface area (Å²) < 4.78 is 12.5. The average molecular weight is 283 g/mol. The number of rotatable bonds is 4. The Hall–Kier alpha value is 0.295. The zero-order valence-electron chi connectivity index (χ0n) is 12.5. The molecule has 2 N–H and O–H groups in total. The fourth-order valence-corrected chi connectivity index (χ4v) is 4.98. The first-order chi connectivity index (χ1) is 8.89. The van der Waals surface area contributed by atoms with Crippen molar-refractivity contribution < 1.29 is 9.31 Å². The third kappa shape index (κ3) is 2.00. The van der Waals surface area contributed by atoms with Crippen LogP contribution in [0.5, 0.6) is 0 Å². The molecular formula is C14H26BNO2S. The van der Waals surface area contributed by atoms with Crippen LogP contribution in [-0.2, 0) is 9.31 Å². The molecule has 3 saturated carbocycles. The van der Waals surface area contributed by atoms with Gasteiger partial charge in [-0.05, 0) is 55.4 Å². The van der Waals surface area contributed by atoms with Crippen LogP contribution in [-0.4, -0.2) is 36.8 Å². The first-order valence-electron chi connectivity index (χ1n) is 7.47. The van der Waals surface area contributed by atoms with E-state index >= 15 is 0 Å². The average Bonchev–Trinajstić information content (AvgIpc) is 2.72. The molecule has 0 amide bonds. The third-order valence-corrected chi connectivity index (χ3v) is 6.62. The van der Waals surface area contributed by atoms with Gasteiger partial charge in [0.25, 0.3) is 0 Å². The smallest absolute Gasteiger partial charge is 0.404 e. The second-order valence-electron chi connectivity index (χ2n) is 7.28. The second kappa shape index (κ2) is 4.65. The predicted octanol–water partition coefficient (Wildman–Crippen LogP) is 2.33. The molecule has 108 valence electrons. The molecule has 0 unspecified atom stereocenters. The fourth-order valence-electron chi connectivity index (χ4n) is 4.47. The van der Waals surface area contributed by atoms with E-state index in [0.717, 1.165) is 24.5 Å². The van der Waals surface area contributed by atoms with Crippen LogP contribution >= 0.6 is 11.8 Å². The minimum atomic E-state index is -0.197. The first-order valence-corrected chi connectivity index (χ1v) is 8.86. The maximum absolute atomic E-state index is 6.34. The zero-order valence-corrected chi connectivity index (χ0v) is 13.3. The van der Waals surface area contributed by atoms with E-state index in [9.17, 15) is 0 Å². The highest BCUT2D eigenvalue weighted by molar-refractivity contribution is 7.98. The van der Waals surface area contributed by atoms with Gasteiger partial charge in [0, 0.05) is 5.94 Å². The highest BCUT2D eigenvalue weighted by atomic mass is 32.2. The molecule has 1 saturated heterocycles. The molecule has 0 spiro atoms. The van der Waals surface area contributed by atoms with Crippen molar-refractivity contribution in [2.45, 2.75) is 57.7 Å². The van der Waals surface area contributed by atoms with Gasteiger partial charge in [-0.3, -0.25) is 0 Å². The molecule has 0 aromatic heterocycles. The monoisotopic (exact) mass is 283 g/mol. The molecule has 4 fully saturated rings. The van der Waals surface area contributed by atoms with Gasteiger partial charge in [-0.1, -0.05) is 13.8 Å². The van der Waals surface area contributed by atoms with Gasteiger partial charge in [0.2, 0.25) is 0 Å². The van der Waals surface area contributed by atoms with Gasteiger partial charge in [0.1, 0.15) is 0 Å². The Balaban J connectivity index is 1.70. The van der Waals surface area contributed by atoms with Crippen molar-refractivity contribution in [2.75, 3.05) is 12.0 Å². The summed E-state index contributed by atoms with van der Waals surface area (Å²) in [6.07, 6.45) is 5.78. The van der Waals surface area contributed by atoms with Gasteiger partial charge in [-0.2, -0.15) is 11.8 Å². The molecule has 2 bridgehead atoms. The molecule has 5 atom stereocenters. The Morgan fingerprint density at radius 3 is 2.74 bits per heavy atom. The molecule has 0 aromatic rings. The molecule has 1 aliphatic heterocycles. The number of nitrogens with two attached hydrogens (primary N) is 1. The minimum Gasteiger partial charge on any atom is -0.404 e. The fraction of sp³-hybridized carbons (Fsp3) is 1.00. The molecule has 19 heavy (non-hydrogen) atoms. The van der Waals surface area contributed by atoms with Gasteiger partial charge in [0.15, 0.2) is 0 Å². The normalized spacial score (nSPS) is 44.7. The van der Waals surface area contributed by atoms with Crippen molar-refractivity contribution in [2.24, 2.45) is 23.0 Å². The highest BCUT2D eigenvalue weighted by Gasteiger charge is 2.68. The molecule has 4 aliphatic rings. The van der Waals surface area contributed by atoms with E-state index in [4.69, 9.17) is 15.0 Å². The Morgan fingerprint density at radius 2 is 2.11 bits per heavy atom. The summed E-state index contributed by atoms with van der Waals surface area (Å²) in [7, 11) is -0.197. The van der Waals surface area contributed by atoms with Crippen LogP contribution in [0.25, 0.3) is 0 Å². The molecule has 0 aromatic carbocycles. The van der Waals surface area contributed by atoms with Crippen molar-refractivity contribution in [3.63, 3.8) is 0 Å². The Morgan fingerprint density at radius 1 is 1.37 bits per heavy atom. The summed E-state index contributed by atoms with van der Waals surface area (Å²) in [4.78, 5) is 0. The van der Waals surface area contributed by atoms with E-state index in [1.54, 1.807) is 0 Å². The lowest BCUT2D eigenvalue weighted by molar-refractivity contribution is -0.199. The summed E-state index contributed by atoms with van der Waals surface area (Å²) in [5, 5.41) is 0. The molecule has 3 aliphatic carbocycles. The van der Waals surface area contributed by atoms with Crippen molar-refractivity contribution in [1.82, 2.24) is 0 Å². The summed E-state index contributed by atoms with van der Waals surface area (Å²) in [5.74, 6) is 2.51. The topological polar surface area (TPSA) is 44.5 Å². The van der Waals surface area contributed by atoms with Gasteiger partial charge in [-0.25, -0.2) is 0 Å². The summed E-state index contributed by atoms with van der Waals surface area (Å²) in [5.41, 5.74) is 6.54. The summed E-state index contributed by atoms with van der Waals surface area (Å²) in [6.45, 7) is 7.02. The molecule has 5 heteroatoms. The number of hydrogen-bond acceptors (Lipinski definition) is 4. The number of thioether (sulfide) groups is 1. The molecule has 3 nitrogen and oxygen atoms in total. The molecule has 1 heterocycles. The van der Waals surface area contributed by atoms with E-state index in [0.29, 0.717) is 11.3 Å². The maximum Gasteiger partial charge on any atom is 0.475 e. The number of hydrogen-bond donors (Lipinski definition) is 1. The van der Waals surface area contributed by atoms with Crippen molar-refractivity contribution >= 4 is 18.9 Å². The Bertz CT molecular complexity index is 367. The van der Waals surface area contributed by atoms with E-state index in [2.05, 4.69) is 27.0 Å². The van der Waals surface area contributed by atoms with Gasteiger partial charge in [0.05, 0.1) is 11.7 Å². The summed E-state index contributed by atoms with van der Waals surface area (Å²) in [6, 6.07) is 0. The third-order valence-electron chi connectivity index (χ3n) is 5.97. The minimum absolute atomic E-state index is 0.00943. The molecular weight excluding hydrogens is 257 g/mol. The quantitative estimate of drug-likeness (QED) is 0.804. The zero-order chi connectivity index (χ0) is 13.8. The lowest BCUT2D eigenvalue weighted by atomic mass is 9.43. The maximum atomic E-state index is 6.34. The van der Waals surface area contributed by atoms with Crippen LogP contribution < -0.4 is 5.73 Å². The molecule has 0 radical (unpaired) electrons. The lowest BCUT2D eigenvalue weighted by Gasteiger charge is -2.64. The largest absolute Gasteiger partial charge is 0.475 e. The van der Waals surface area contributed by atoms with Crippen LogP contribution in [0.4, 0.5) is 0 Å². The van der Waals surface area contributed by atoms with Crippen LogP contribution in [0.15, 0.2) is 0 Å². The van der Waals surface area contributed by atoms with Crippen LogP contribution in [0.2, 0.25) is 0 Å². The predicted molar refractivity (Wildman–Crippen MR) is 81.1 cm³/mol. The van der Waals surface area contributed by atoms with Gasteiger partial charge >= 0.3 is 7.12 Å². The van der Waals surface area contributed by atoms with E-state index < -0.39 is 0 Å². The lowest BCUT2D eigenvalue weighted by Crippen LogP contribution is -2.65. The van der Waals surface area contributed by atoms with Crippen LogP contribution in [0.1, 0.15) is 40.0 Å². The standard InChI is InChI=1S/C14H26BNO2S/c1-13(2)9-7-10(13)14(3)11(8-9)17-15(18-14)12(16)5-6-19-4/h9-12H,5-8,16H2,1-4H3/t9-,10-,11+,12-,14-/m0/s1. The van der Waals surface area contributed by atoms with Crippen molar-refractivity contribution in [3.8, 4) is 0 Å². The van der Waals surface area contributed by atoms with Crippen LogP contribution in [0, 0.1) is 17.3 Å². The summed E-state index contributed by atoms with van der Waals surface area (Å²) >= 11 is 1.83. The van der Waals surface area contributed by atoms with E-state index in [1.807, 2.05) is 11.8 Å². The Labute approximate surface area is 121 Å². The second-order valence-corrected chi connectivity index (χ2v) is 8.27. The van der Waals surface area contributed by atoms with Gasteiger partial charge < -0.3 is 15.0 Å². The molecule has 4 rings (SSSR count). The van der Waals surface area contributed by atoms with E-state index in [-0.39, 0.29) is 24.8 Å². The van der Waals surface area contributed by atoms with E-state index in [1.165, 1.54) is 6.42 Å². The first kappa shape index (κ1) is 14.2. The highest BCUT2D eigenvalue weighted by Crippen LogP contribution is 2.65.